The zero-order chi connectivity index (χ0) is 8.53. The van der Waals surface area contributed by atoms with Gasteiger partial charge in [0.05, 0.1) is 0 Å². The highest BCUT2D eigenvalue weighted by Gasteiger charge is 1.95. The van der Waals surface area contributed by atoms with Gasteiger partial charge in [0, 0.05) is 0 Å². The maximum atomic E-state index is 5.50. The lowest BCUT2D eigenvalue weighted by molar-refractivity contribution is 0.674. The molecule has 0 radical (unpaired) electrons. The fourth-order valence-electron chi connectivity index (χ4n) is 0.888. The number of hydrogen-bond donors (Lipinski definition) is 0. The molecule has 0 aromatic rings. The first-order valence-electron chi connectivity index (χ1n) is 4.22. The molecule has 0 amide bonds. The van der Waals surface area contributed by atoms with E-state index in [9.17, 15) is 0 Å². The first-order valence-corrected chi connectivity index (χ1v) is 5.09. The predicted octanol–water partition coefficient (Wildman–Crippen LogP) is 4.02. The van der Waals surface area contributed by atoms with Crippen molar-refractivity contribution in [3.05, 3.63) is 12.1 Å². The standard InChI is InChI=1S/C8H15BCl2/c1-2-3-4-5-6-7-8-9(10)11/h7-8H,2-6H2,1H3/b8-7+. The highest BCUT2D eigenvalue weighted by molar-refractivity contribution is 7.36. The lowest BCUT2D eigenvalue weighted by Gasteiger charge is -1.93. The Kier molecular flexibility index (Phi) is 8.78. The van der Waals surface area contributed by atoms with Crippen molar-refractivity contribution in [3.8, 4) is 0 Å². The Labute approximate surface area is 79.9 Å². The van der Waals surface area contributed by atoms with E-state index >= 15 is 0 Å². The van der Waals surface area contributed by atoms with E-state index in [-0.39, 0.29) is 5.54 Å². The minimum absolute atomic E-state index is 0.332. The normalized spacial score (nSPS) is 10.8. The monoisotopic (exact) mass is 192 g/mol. The molecular weight excluding hydrogens is 178 g/mol. The molecule has 0 spiro atoms. The topological polar surface area (TPSA) is 0 Å². The van der Waals surface area contributed by atoms with E-state index in [1.54, 1.807) is 0 Å². The fourth-order valence-corrected chi connectivity index (χ4v) is 1.09. The average molecular weight is 193 g/mol. The van der Waals surface area contributed by atoms with Crippen molar-refractivity contribution < 1.29 is 0 Å². The van der Waals surface area contributed by atoms with Gasteiger partial charge in [-0.25, -0.2) is 0 Å². The van der Waals surface area contributed by atoms with E-state index in [1.807, 2.05) is 5.98 Å². The molecule has 0 nitrogen and oxygen atoms in total. The molecule has 0 atom stereocenters. The first kappa shape index (κ1) is 11.4. The number of halogens is 2. The SMILES string of the molecule is CCCCCC/C=C/B(Cl)Cl. The van der Waals surface area contributed by atoms with Crippen molar-refractivity contribution in [2.75, 3.05) is 0 Å². The van der Waals surface area contributed by atoms with Crippen molar-refractivity contribution in [2.24, 2.45) is 0 Å². The molecule has 3 heteroatoms. The number of rotatable bonds is 6. The molecular formula is C8H15BCl2. The van der Waals surface area contributed by atoms with Crippen LogP contribution in [-0.2, 0) is 0 Å². The first-order chi connectivity index (χ1) is 5.27. The van der Waals surface area contributed by atoms with Gasteiger partial charge in [0.1, 0.15) is 0 Å². The van der Waals surface area contributed by atoms with Gasteiger partial charge in [-0.15, -0.1) is 0 Å². The van der Waals surface area contributed by atoms with E-state index in [4.69, 9.17) is 22.9 Å². The molecule has 0 heterocycles. The third-order valence-electron chi connectivity index (χ3n) is 1.51. The summed E-state index contributed by atoms with van der Waals surface area (Å²) < 4.78 is 0. The number of allylic oxidation sites excluding steroid dienone is 1. The van der Waals surface area contributed by atoms with Gasteiger partial charge in [-0.3, -0.25) is 0 Å². The Bertz CT molecular complexity index is 102. The summed E-state index contributed by atoms with van der Waals surface area (Å²) in [7, 11) is 0. The van der Waals surface area contributed by atoms with Gasteiger partial charge >= 0.3 is 5.54 Å². The van der Waals surface area contributed by atoms with E-state index < -0.39 is 0 Å². The third kappa shape index (κ3) is 10.4. The summed E-state index contributed by atoms with van der Waals surface area (Å²) in [5.74, 6) is 1.83. The van der Waals surface area contributed by atoms with Gasteiger partial charge < -0.3 is 0 Å². The molecule has 0 N–H and O–H groups in total. The van der Waals surface area contributed by atoms with Crippen LogP contribution in [0.15, 0.2) is 12.1 Å². The highest BCUT2D eigenvalue weighted by Crippen LogP contribution is 2.04. The Hall–Kier alpha value is 0.385. The van der Waals surface area contributed by atoms with Crippen molar-refractivity contribution in [1.82, 2.24) is 0 Å². The second-order valence-corrected chi connectivity index (χ2v) is 3.78. The van der Waals surface area contributed by atoms with Crippen LogP contribution in [0.2, 0.25) is 0 Å². The van der Waals surface area contributed by atoms with Crippen LogP contribution >= 0.6 is 22.9 Å². The zero-order valence-corrected chi connectivity index (χ0v) is 8.54. The molecule has 0 rings (SSSR count). The summed E-state index contributed by atoms with van der Waals surface area (Å²) in [5, 5.41) is 0. The predicted molar refractivity (Wildman–Crippen MR) is 55.4 cm³/mol. The highest BCUT2D eigenvalue weighted by atomic mass is 35.5. The fraction of sp³-hybridized carbons (Fsp3) is 0.750. The molecule has 0 bridgehead atoms. The van der Waals surface area contributed by atoms with Gasteiger partial charge in [0.15, 0.2) is 0 Å². The number of unbranched alkanes of at least 4 members (excludes halogenated alkanes) is 4. The van der Waals surface area contributed by atoms with Crippen LogP contribution in [0, 0.1) is 0 Å². The van der Waals surface area contributed by atoms with Crippen LogP contribution in [0.3, 0.4) is 0 Å². The van der Waals surface area contributed by atoms with Crippen LogP contribution in [0.4, 0.5) is 0 Å². The average Bonchev–Trinajstić information content (AvgIpc) is 1.96. The summed E-state index contributed by atoms with van der Waals surface area (Å²) in [4.78, 5) is 0. The summed E-state index contributed by atoms with van der Waals surface area (Å²) in [6.07, 6.45) is 8.35. The van der Waals surface area contributed by atoms with Gasteiger partial charge in [-0.2, -0.15) is 22.9 Å². The molecule has 64 valence electrons. The van der Waals surface area contributed by atoms with Gasteiger partial charge in [-0.1, -0.05) is 38.2 Å². The van der Waals surface area contributed by atoms with E-state index in [0.717, 1.165) is 6.42 Å². The lowest BCUT2D eigenvalue weighted by Crippen LogP contribution is -1.83. The molecule has 0 aromatic carbocycles. The lowest BCUT2D eigenvalue weighted by atomic mass is 10.1. The molecule has 0 fully saturated rings. The van der Waals surface area contributed by atoms with Crippen molar-refractivity contribution >= 4 is 28.5 Å². The number of hydrogen-bond acceptors (Lipinski definition) is 0. The summed E-state index contributed by atoms with van der Waals surface area (Å²) in [6.45, 7) is 2.21. The van der Waals surface area contributed by atoms with E-state index in [1.165, 1.54) is 25.7 Å². The zero-order valence-electron chi connectivity index (χ0n) is 7.02. The van der Waals surface area contributed by atoms with Gasteiger partial charge in [0.25, 0.3) is 0 Å². The molecule has 0 aliphatic carbocycles. The molecule has 11 heavy (non-hydrogen) atoms. The minimum Gasteiger partial charge on any atom is -0.165 e. The molecule has 0 unspecified atom stereocenters. The largest absolute Gasteiger partial charge is 0.375 e. The molecule has 0 saturated heterocycles. The van der Waals surface area contributed by atoms with Gasteiger partial charge in [0.2, 0.25) is 0 Å². The maximum Gasteiger partial charge on any atom is 0.375 e. The minimum atomic E-state index is -0.332. The third-order valence-corrected chi connectivity index (χ3v) is 1.80. The van der Waals surface area contributed by atoms with E-state index in [2.05, 4.69) is 13.0 Å². The molecule has 0 aliphatic rings. The van der Waals surface area contributed by atoms with Crippen molar-refractivity contribution in [2.45, 2.75) is 39.0 Å². The van der Waals surface area contributed by atoms with E-state index in [0.29, 0.717) is 0 Å². The van der Waals surface area contributed by atoms with Crippen molar-refractivity contribution in [3.63, 3.8) is 0 Å². The van der Waals surface area contributed by atoms with Crippen LogP contribution in [-0.4, -0.2) is 5.54 Å². The maximum absolute atomic E-state index is 5.50. The molecule has 0 aromatic heterocycles. The van der Waals surface area contributed by atoms with Gasteiger partial charge in [-0.05, 0) is 12.8 Å². The smallest absolute Gasteiger partial charge is 0.165 e. The Morgan fingerprint density at radius 1 is 1.18 bits per heavy atom. The Balaban J connectivity index is 3.01. The quantitative estimate of drug-likeness (QED) is 0.441. The van der Waals surface area contributed by atoms with Crippen molar-refractivity contribution in [1.29, 1.82) is 0 Å². The summed E-state index contributed by atoms with van der Waals surface area (Å²) in [6, 6.07) is 0. The van der Waals surface area contributed by atoms with Crippen LogP contribution in [0.1, 0.15) is 39.0 Å². The summed E-state index contributed by atoms with van der Waals surface area (Å²) in [5.41, 5.74) is -0.332. The Morgan fingerprint density at radius 2 is 1.91 bits per heavy atom. The summed E-state index contributed by atoms with van der Waals surface area (Å²) >= 11 is 11.0. The van der Waals surface area contributed by atoms with Crippen LogP contribution in [0.25, 0.3) is 0 Å². The van der Waals surface area contributed by atoms with Crippen LogP contribution in [0.5, 0.6) is 0 Å². The second kappa shape index (κ2) is 8.48. The molecule has 0 aliphatic heterocycles. The second-order valence-electron chi connectivity index (χ2n) is 2.61. The van der Waals surface area contributed by atoms with Crippen LogP contribution < -0.4 is 0 Å². The molecule has 0 saturated carbocycles. The Morgan fingerprint density at radius 3 is 2.45 bits per heavy atom.